The molecule has 0 bridgehead atoms. The monoisotopic (exact) mass is 188 g/mol. The Hall–Kier alpha value is -1.70. The lowest BCUT2D eigenvalue weighted by molar-refractivity contribution is 0.470. The summed E-state index contributed by atoms with van der Waals surface area (Å²) >= 11 is 0. The van der Waals surface area contributed by atoms with E-state index in [0.29, 0.717) is 5.75 Å². The van der Waals surface area contributed by atoms with Crippen molar-refractivity contribution < 1.29 is 9.52 Å². The first kappa shape index (κ1) is 8.88. The van der Waals surface area contributed by atoms with Crippen LogP contribution in [0.4, 0.5) is 0 Å². The van der Waals surface area contributed by atoms with Crippen LogP contribution in [-0.2, 0) is 6.42 Å². The van der Waals surface area contributed by atoms with E-state index in [0.717, 1.165) is 23.3 Å². The molecular weight excluding hydrogens is 176 g/mol. The van der Waals surface area contributed by atoms with Gasteiger partial charge in [-0.05, 0) is 36.2 Å². The summed E-state index contributed by atoms with van der Waals surface area (Å²) in [6.45, 7) is 1.89. The van der Waals surface area contributed by atoms with E-state index < -0.39 is 0 Å². The lowest BCUT2D eigenvalue weighted by Gasteiger charge is -2.02. The van der Waals surface area contributed by atoms with Crippen molar-refractivity contribution >= 4 is 0 Å². The Kier molecular flexibility index (Phi) is 2.27. The minimum atomic E-state index is 0.341. The standard InChI is InChI=1S/C12H12O2/c1-9-7-10(4-5-12(9)13)8-11-3-2-6-14-11/h2-7,13H,8H2,1H3. The number of furan rings is 1. The van der Waals surface area contributed by atoms with Crippen LogP contribution < -0.4 is 0 Å². The van der Waals surface area contributed by atoms with Crippen molar-refractivity contribution in [3.8, 4) is 5.75 Å². The van der Waals surface area contributed by atoms with Gasteiger partial charge in [-0.1, -0.05) is 12.1 Å². The summed E-state index contributed by atoms with van der Waals surface area (Å²) in [6, 6.07) is 9.42. The Bertz CT molecular complexity index is 416. The van der Waals surface area contributed by atoms with Gasteiger partial charge in [0.05, 0.1) is 6.26 Å². The Morgan fingerprint density at radius 3 is 2.79 bits per heavy atom. The second-order valence-electron chi connectivity index (χ2n) is 3.38. The summed E-state index contributed by atoms with van der Waals surface area (Å²) in [5.41, 5.74) is 2.05. The molecule has 72 valence electrons. The van der Waals surface area contributed by atoms with Crippen molar-refractivity contribution in [2.45, 2.75) is 13.3 Å². The van der Waals surface area contributed by atoms with E-state index in [2.05, 4.69) is 0 Å². The molecular formula is C12H12O2. The van der Waals surface area contributed by atoms with Gasteiger partial charge in [-0.3, -0.25) is 0 Å². The number of hydrogen-bond acceptors (Lipinski definition) is 2. The van der Waals surface area contributed by atoms with Crippen molar-refractivity contribution in [2.75, 3.05) is 0 Å². The van der Waals surface area contributed by atoms with Crippen molar-refractivity contribution in [3.05, 3.63) is 53.5 Å². The molecule has 2 aromatic rings. The maximum absolute atomic E-state index is 9.35. The minimum absolute atomic E-state index is 0.341. The highest BCUT2D eigenvalue weighted by Gasteiger charge is 2.01. The van der Waals surface area contributed by atoms with Gasteiger partial charge in [0.15, 0.2) is 0 Å². The molecule has 0 aliphatic carbocycles. The van der Waals surface area contributed by atoms with Gasteiger partial charge in [-0.25, -0.2) is 0 Å². The van der Waals surface area contributed by atoms with Crippen LogP contribution >= 0.6 is 0 Å². The molecule has 0 aliphatic rings. The average molecular weight is 188 g/mol. The van der Waals surface area contributed by atoms with Crippen molar-refractivity contribution in [3.63, 3.8) is 0 Å². The Morgan fingerprint density at radius 1 is 1.29 bits per heavy atom. The van der Waals surface area contributed by atoms with E-state index in [1.165, 1.54) is 0 Å². The van der Waals surface area contributed by atoms with Crippen LogP contribution in [0.2, 0.25) is 0 Å². The topological polar surface area (TPSA) is 33.4 Å². The predicted octanol–water partition coefficient (Wildman–Crippen LogP) is 2.88. The Labute approximate surface area is 82.8 Å². The average Bonchev–Trinajstić information content (AvgIpc) is 2.64. The largest absolute Gasteiger partial charge is 0.508 e. The molecule has 0 radical (unpaired) electrons. The van der Waals surface area contributed by atoms with Gasteiger partial charge < -0.3 is 9.52 Å². The van der Waals surface area contributed by atoms with Crippen LogP contribution in [0.1, 0.15) is 16.9 Å². The van der Waals surface area contributed by atoms with Gasteiger partial charge in [0.1, 0.15) is 11.5 Å². The zero-order valence-corrected chi connectivity index (χ0v) is 8.03. The second kappa shape index (κ2) is 3.58. The number of aromatic hydroxyl groups is 1. The highest BCUT2D eigenvalue weighted by Crippen LogP contribution is 2.19. The van der Waals surface area contributed by atoms with Gasteiger partial charge in [0, 0.05) is 6.42 Å². The third-order valence-electron chi connectivity index (χ3n) is 2.22. The van der Waals surface area contributed by atoms with Crippen molar-refractivity contribution in [1.82, 2.24) is 0 Å². The molecule has 0 unspecified atom stereocenters. The van der Waals surface area contributed by atoms with E-state index in [4.69, 9.17) is 4.42 Å². The third kappa shape index (κ3) is 1.79. The molecule has 0 saturated heterocycles. The molecule has 1 N–H and O–H groups in total. The molecule has 0 atom stereocenters. The van der Waals surface area contributed by atoms with E-state index in [-0.39, 0.29) is 0 Å². The van der Waals surface area contributed by atoms with Gasteiger partial charge in [-0.2, -0.15) is 0 Å². The fourth-order valence-corrected chi connectivity index (χ4v) is 1.44. The molecule has 1 aromatic heterocycles. The molecule has 2 heteroatoms. The van der Waals surface area contributed by atoms with E-state index >= 15 is 0 Å². The molecule has 0 spiro atoms. The van der Waals surface area contributed by atoms with Gasteiger partial charge in [-0.15, -0.1) is 0 Å². The van der Waals surface area contributed by atoms with E-state index in [1.807, 2.05) is 31.2 Å². The first-order valence-corrected chi connectivity index (χ1v) is 4.56. The van der Waals surface area contributed by atoms with Gasteiger partial charge in [0.25, 0.3) is 0 Å². The van der Waals surface area contributed by atoms with Crippen LogP contribution in [0, 0.1) is 6.92 Å². The van der Waals surface area contributed by atoms with Crippen LogP contribution in [0.5, 0.6) is 5.75 Å². The van der Waals surface area contributed by atoms with Crippen molar-refractivity contribution in [2.24, 2.45) is 0 Å². The molecule has 2 rings (SSSR count). The zero-order chi connectivity index (χ0) is 9.97. The van der Waals surface area contributed by atoms with Crippen LogP contribution in [-0.4, -0.2) is 5.11 Å². The highest BCUT2D eigenvalue weighted by atomic mass is 16.3. The lowest BCUT2D eigenvalue weighted by atomic mass is 10.1. The molecule has 1 aromatic carbocycles. The smallest absolute Gasteiger partial charge is 0.118 e. The SMILES string of the molecule is Cc1cc(Cc2ccco2)ccc1O. The fourth-order valence-electron chi connectivity index (χ4n) is 1.44. The number of phenols is 1. The van der Waals surface area contributed by atoms with Crippen LogP contribution in [0.3, 0.4) is 0 Å². The minimum Gasteiger partial charge on any atom is -0.508 e. The molecule has 0 aliphatic heterocycles. The number of benzene rings is 1. The number of hydrogen-bond donors (Lipinski definition) is 1. The van der Waals surface area contributed by atoms with Crippen LogP contribution in [0.15, 0.2) is 41.0 Å². The van der Waals surface area contributed by atoms with Crippen LogP contribution in [0.25, 0.3) is 0 Å². The van der Waals surface area contributed by atoms with Gasteiger partial charge in [0.2, 0.25) is 0 Å². The molecule has 1 heterocycles. The first-order chi connectivity index (χ1) is 6.75. The maximum atomic E-state index is 9.35. The Balaban J connectivity index is 2.22. The molecule has 0 saturated carbocycles. The first-order valence-electron chi connectivity index (χ1n) is 4.56. The summed E-state index contributed by atoms with van der Waals surface area (Å²) in [5.74, 6) is 1.28. The zero-order valence-electron chi connectivity index (χ0n) is 8.03. The summed E-state index contributed by atoms with van der Waals surface area (Å²) in [7, 11) is 0. The molecule has 0 fully saturated rings. The van der Waals surface area contributed by atoms with Crippen molar-refractivity contribution in [1.29, 1.82) is 0 Å². The van der Waals surface area contributed by atoms with E-state index in [9.17, 15) is 5.11 Å². The number of phenolic OH excluding ortho intramolecular Hbond substituents is 1. The predicted molar refractivity (Wildman–Crippen MR) is 54.4 cm³/mol. The maximum Gasteiger partial charge on any atom is 0.118 e. The fraction of sp³-hybridized carbons (Fsp3) is 0.167. The molecule has 14 heavy (non-hydrogen) atoms. The highest BCUT2D eigenvalue weighted by molar-refractivity contribution is 5.36. The number of rotatable bonds is 2. The summed E-state index contributed by atoms with van der Waals surface area (Å²) < 4.78 is 5.25. The van der Waals surface area contributed by atoms with E-state index in [1.54, 1.807) is 12.3 Å². The van der Waals surface area contributed by atoms with Gasteiger partial charge >= 0.3 is 0 Å². The molecule has 2 nitrogen and oxygen atoms in total. The third-order valence-corrected chi connectivity index (χ3v) is 2.22. The normalized spacial score (nSPS) is 10.4. The number of aryl methyl sites for hydroxylation is 1. The quantitative estimate of drug-likeness (QED) is 0.786. The molecule has 0 amide bonds. The summed E-state index contributed by atoms with van der Waals surface area (Å²) in [4.78, 5) is 0. The lowest BCUT2D eigenvalue weighted by Crippen LogP contribution is -1.86. The summed E-state index contributed by atoms with van der Waals surface area (Å²) in [5, 5.41) is 9.35. The Morgan fingerprint density at radius 2 is 2.14 bits per heavy atom. The second-order valence-corrected chi connectivity index (χ2v) is 3.38. The summed E-state index contributed by atoms with van der Waals surface area (Å²) in [6.07, 6.45) is 2.44.